The Balaban J connectivity index is 0.00000308. The number of benzene rings is 3. The maximum absolute atomic E-state index is 7.83. The first kappa shape index (κ1) is 26.5. The number of rotatable bonds is 4. The van der Waals surface area contributed by atoms with E-state index in [4.69, 9.17) is 16.3 Å². The Morgan fingerprint density at radius 1 is 0.949 bits per heavy atom. The summed E-state index contributed by atoms with van der Waals surface area (Å²) in [6.45, 7) is 16.3. The van der Waals surface area contributed by atoms with Gasteiger partial charge in [-0.3, -0.25) is 0 Å². The molecule has 0 saturated carbocycles. The van der Waals surface area contributed by atoms with Gasteiger partial charge in [-0.15, -0.1) is 41.4 Å². The van der Waals surface area contributed by atoms with Crippen molar-refractivity contribution in [3.8, 4) is 17.3 Å². The Kier molecular flexibility index (Phi) is 6.97. The van der Waals surface area contributed by atoms with E-state index in [1.807, 2.05) is 101 Å². The molecule has 0 spiro atoms. The molecule has 5 aromatic rings. The van der Waals surface area contributed by atoms with Gasteiger partial charge in [0, 0.05) is 44.3 Å². The second kappa shape index (κ2) is 10.2. The number of pyridine rings is 1. The van der Waals surface area contributed by atoms with Crippen LogP contribution in [0.4, 0.5) is 11.4 Å². The Bertz CT molecular complexity index is 1760. The van der Waals surface area contributed by atoms with Gasteiger partial charge >= 0.3 is 0 Å². The molecular weight excluding hydrogens is 665 g/mol. The Morgan fingerprint density at radius 3 is 2.49 bits per heavy atom. The van der Waals surface area contributed by atoms with E-state index in [1.165, 1.54) is 0 Å². The largest absolute Gasteiger partial charge is 0.510 e. The number of hydrogen-bond donors (Lipinski definition) is 0. The van der Waals surface area contributed by atoms with E-state index in [0.717, 1.165) is 38.9 Å². The summed E-state index contributed by atoms with van der Waals surface area (Å²) in [6, 6.07) is 26.5. The molecule has 198 valence electrons. The van der Waals surface area contributed by atoms with Crippen molar-refractivity contribution < 1.29 is 25.8 Å². The Labute approximate surface area is 243 Å². The molecule has 0 N–H and O–H groups in total. The van der Waals surface area contributed by atoms with Crippen LogP contribution in [0.1, 0.15) is 26.3 Å². The average Bonchev–Trinajstić information content (AvgIpc) is 3.49. The maximum Gasteiger partial charge on any atom is 0.210 e. The van der Waals surface area contributed by atoms with Gasteiger partial charge in [0.1, 0.15) is 5.82 Å². The van der Waals surface area contributed by atoms with Crippen LogP contribution >= 0.6 is 0 Å². The van der Waals surface area contributed by atoms with E-state index in [0.29, 0.717) is 17.2 Å². The molecule has 1 aliphatic rings. The zero-order valence-corrected chi connectivity index (χ0v) is 24.3. The number of anilines is 1. The van der Waals surface area contributed by atoms with Crippen molar-refractivity contribution in [2.45, 2.75) is 26.2 Å². The average molecular weight is 692 g/mol. The fourth-order valence-electron chi connectivity index (χ4n) is 4.70. The summed E-state index contributed by atoms with van der Waals surface area (Å²) >= 11 is 0. The summed E-state index contributed by atoms with van der Waals surface area (Å²) in [4.78, 5) is 12.5. The summed E-state index contributed by atoms with van der Waals surface area (Å²) in [5, 5.41) is 1.96. The zero-order chi connectivity index (χ0) is 26.4. The van der Waals surface area contributed by atoms with Gasteiger partial charge in [0.25, 0.3) is 0 Å². The first-order valence-corrected chi connectivity index (χ1v) is 12.4. The molecular formula is C32H26N5OPt-3. The van der Waals surface area contributed by atoms with Gasteiger partial charge in [0.2, 0.25) is 5.69 Å². The van der Waals surface area contributed by atoms with Crippen molar-refractivity contribution in [3.05, 3.63) is 115 Å². The molecule has 6 nitrogen and oxygen atoms in total. The van der Waals surface area contributed by atoms with Crippen LogP contribution in [0.3, 0.4) is 0 Å². The van der Waals surface area contributed by atoms with Crippen molar-refractivity contribution in [2.24, 2.45) is 0 Å². The zero-order valence-electron chi connectivity index (χ0n) is 22.0. The molecule has 0 atom stereocenters. The molecule has 3 aromatic carbocycles. The molecule has 0 saturated heterocycles. The summed E-state index contributed by atoms with van der Waals surface area (Å²) in [7, 11) is 1.98. The summed E-state index contributed by atoms with van der Waals surface area (Å²) < 4.78 is 8.28. The van der Waals surface area contributed by atoms with Crippen molar-refractivity contribution in [2.75, 3.05) is 11.9 Å². The van der Waals surface area contributed by atoms with E-state index in [-0.39, 0.29) is 26.5 Å². The molecule has 1 aliphatic heterocycles. The van der Waals surface area contributed by atoms with Crippen molar-refractivity contribution in [3.63, 3.8) is 0 Å². The number of para-hydroxylation sites is 1. The Hall–Kier alpha value is -4.07. The van der Waals surface area contributed by atoms with Crippen LogP contribution in [-0.4, -0.2) is 21.5 Å². The minimum atomic E-state index is -0.0469. The standard InChI is InChI=1S/C32H26N5O.Pt/c1-32(2,3)22-14-15-34-30(18-22)37-29-20-25(12-13-26(29)27-10-7-11-28(33-4)31(27)37)38-24-9-6-8-23(19-24)36-17-16-35(5)21-36;/h6-18,21H,1-3,5H3;/q-3;. The van der Waals surface area contributed by atoms with Gasteiger partial charge in [-0.1, -0.05) is 49.9 Å². The Morgan fingerprint density at radius 2 is 1.74 bits per heavy atom. The predicted octanol–water partition coefficient (Wildman–Crippen LogP) is 7.76. The summed E-state index contributed by atoms with van der Waals surface area (Å²) in [5.74, 6) is 1.90. The van der Waals surface area contributed by atoms with Crippen LogP contribution in [0.25, 0.3) is 32.5 Å². The topological polar surface area (TPSA) is 37.9 Å². The number of ether oxygens (including phenoxy) is 1. The first-order valence-electron chi connectivity index (χ1n) is 12.4. The van der Waals surface area contributed by atoms with E-state index in [2.05, 4.69) is 43.8 Å². The molecule has 0 unspecified atom stereocenters. The third-order valence-corrected chi connectivity index (χ3v) is 6.63. The molecule has 3 heterocycles. The summed E-state index contributed by atoms with van der Waals surface area (Å²) in [5.41, 5.74) is 4.19. The van der Waals surface area contributed by atoms with Gasteiger partial charge in [0.05, 0.1) is 6.57 Å². The first-order chi connectivity index (χ1) is 18.3. The fraction of sp³-hybridized carbons (Fsp3) is 0.156. The SMILES string of the molecule is [C-]#[N+]c1cccc2c3ccc(Oc4[c-]c(N5C=CN(C)[CH-]5)ccc4)[c-]c3n(-c3cc(C(C)(C)C)ccn3)c12.[Pt]. The second-order valence-corrected chi connectivity index (χ2v) is 10.3. The molecule has 39 heavy (non-hydrogen) atoms. The van der Waals surface area contributed by atoms with E-state index in [1.54, 1.807) is 0 Å². The molecule has 0 amide bonds. The van der Waals surface area contributed by atoms with Crippen LogP contribution in [0.5, 0.6) is 11.5 Å². The molecule has 0 radical (unpaired) electrons. The van der Waals surface area contributed by atoms with Crippen molar-refractivity contribution in [1.82, 2.24) is 14.5 Å². The number of fused-ring (bicyclic) bond motifs is 3. The monoisotopic (exact) mass is 691 g/mol. The molecule has 0 fully saturated rings. The number of nitrogens with zero attached hydrogens (tertiary/aromatic N) is 5. The van der Waals surface area contributed by atoms with E-state index in [9.17, 15) is 0 Å². The van der Waals surface area contributed by atoms with Crippen LogP contribution in [-0.2, 0) is 26.5 Å². The summed E-state index contributed by atoms with van der Waals surface area (Å²) in [6.07, 6.45) is 5.78. The van der Waals surface area contributed by atoms with E-state index >= 15 is 0 Å². The van der Waals surface area contributed by atoms with Gasteiger partial charge in [-0.05, 0) is 42.6 Å². The third kappa shape index (κ3) is 4.91. The van der Waals surface area contributed by atoms with Gasteiger partial charge in [-0.25, -0.2) is 9.83 Å². The second-order valence-electron chi connectivity index (χ2n) is 10.3. The maximum atomic E-state index is 7.83. The fourth-order valence-corrected chi connectivity index (χ4v) is 4.70. The predicted molar refractivity (Wildman–Crippen MR) is 151 cm³/mol. The number of aromatic nitrogens is 2. The van der Waals surface area contributed by atoms with Gasteiger partial charge < -0.3 is 19.1 Å². The van der Waals surface area contributed by atoms with Crippen LogP contribution in [0.15, 0.2) is 79.3 Å². The van der Waals surface area contributed by atoms with Crippen LogP contribution in [0.2, 0.25) is 0 Å². The van der Waals surface area contributed by atoms with Crippen molar-refractivity contribution >= 4 is 33.2 Å². The molecule has 6 rings (SSSR count). The van der Waals surface area contributed by atoms with E-state index < -0.39 is 0 Å². The number of hydrogen-bond acceptors (Lipinski definition) is 4. The van der Waals surface area contributed by atoms with Crippen LogP contribution in [0, 0.1) is 25.4 Å². The third-order valence-electron chi connectivity index (χ3n) is 6.63. The van der Waals surface area contributed by atoms with Crippen molar-refractivity contribution in [1.29, 1.82) is 0 Å². The van der Waals surface area contributed by atoms with Crippen LogP contribution < -0.4 is 9.64 Å². The quantitative estimate of drug-likeness (QED) is 0.181. The molecule has 7 heteroatoms. The van der Waals surface area contributed by atoms with Gasteiger partial charge in [-0.2, -0.15) is 18.8 Å². The molecule has 2 aromatic heterocycles. The normalized spacial score (nSPS) is 13.1. The minimum Gasteiger partial charge on any atom is -0.510 e. The smallest absolute Gasteiger partial charge is 0.210 e. The molecule has 0 bridgehead atoms. The minimum absolute atomic E-state index is 0. The van der Waals surface area contributed by atoms with Gasteiger partial charge in [0.15, 0.2) is 0 Å². The molecule has 0 aliphatic carbocycles.